The summed E-state index contributed by atoms with van der Waals surface area (Å²) in [5.74, 6) is 0.852. The van der Waals surface area contributed by atoms with Crippen molar-refractivity contribution in [2.24, 2.45) is 0 Å². The van der Waals surface area contributed by atoms with Crippen LogP contribution in [0.5, 0.6) is 0 Å². The van der Waals surface area contributed by atoms with Gasteiger partial charge in [0.25, 0.3) is 0 Å². The van der Waals surface area contributed by atoms with E-state index in [9.17, 15) is 4.79 Å². The first-order valence-electron chi connectivity index (χ1n) is 6.17. The predicted octanol–water partition coefficient (Wildman–Crippen LogP) is 1.35. The fraction of sp³-hybridized carbons (Fsp3) is 0.583. The number of nitrogens with zero attached hydrogens (tertiary/aromatic N) is 3. The maximum atomic E-state index is 11.6. The molecule has 1 atom stereocenters. The second kappa shape index (κ2) is 6.68. The van der Waals surface area contributed by atoms with Crippen molar-refractivity contribution in [2.75, 3.05) is 23.3 Å². The number of carbonyl (C=O) groups is 1. The predicted molar refractivity (Wildman–Crippen MR) is 73.8 cm³/mol. The van der Waals surface area contributed by atoms with Crippen LogP contribution in [-0.2, 0) is 4.79 Å². The first kappa shape index (κ1) is 13.3. The van der Waals surface area contributed by atoms with Gasteiger partial charge in [-0.25, -0.2) is 9.97 Å². The summed E-state index contributed by atoms with van der Waals surface area (Å²) >= 11 is 3.27. The highest BCUT2D eigenvalue weighted by atomic mass is 79.9. The van der Waals surface area contributed by atoms with E-state index in [4.69, 9.17) is 0 Å². The van der Waals surface area contributed by atoms with E-state index in [1.807, 2.05) is 6.07 Å². The van der Waals surface area contributed by atoms with Gasteiger partial charge in [0.15, 0.2) is 0 Å². The Morgan fingerprint density at radius 1 is 1.50 bits per heavy atom. The van der Waals surface area contributed by atoms with E-state index in [0.717, 1.165) is 31.9 Å². The molecule has 0 saturated carbocycles. The third kappa shape index (κ3) is 3.66. The van der Waals surface area contributed by atoms with Crippen LogP contribution in [0.25, 0.3) is 0 Å². The molecule has 5 nitrogen and oxygen atoms in total. The van der Waals surface area contributed by atoms with Gasteiger partial charge >= 0.3 is 0 Å². The quantitative estimate of drug-likeness (QED) is 0.853. The molecule has 1 saturated heterocycles. The highest BCUT2D eigenvalue weighted by Crippen LogP contribution is 2.15. The van der Waals surface area contributed by atoms with Crippen LogP contribution in [0.2, 0.25) is 0 Å². The molecule has 2 rings (SSSR count). The van der Waals surface area contributed by atoms with Gasteiger partial charge in [-0.2, -0.15) is 0 Å². The van der Waals surface area contributed by atoms with Crippen LogP contribution in [0.4, 0.5) is 5.95 Å². The van der Waals surface area contributed by atoms with E-state index in [0.29, 0.717) is 11.8 Å². The average Bonchev–Trinajstić information content (AvgIpc) is 2.40. The largest absolute Gasteiger partial charge is 0.352 e. The van der Waals surface area contributed by atoms with Crippen LogP contribution >= 0.6 is 15.9 Å². The van der Waals surface area contributed by atoms with E-state index in [1.54, 1.807) is 12.4 Å². The number of nitrogens with one attached hydrogen (secondary N) is 1. The molecular formula is C12H17BrN4O. The second-order valence-corrected chi connectivity index (χ2v) is 5.13. The topological polar surface area (TPSA) is 58.1 Å². The van der Waals surface area contributed by atoms with E-state index in [1.165, 1.54) is 0 Å². The summed E-state index contributed by atoms with van der Waals surface area (Å²) in [5, 5.41) is 3.76. The molecule has 1 aromatic rings. The Labute approximate surface area is 115 Å². The minimum absolute atomic E-state index is 0.104. The third-order valence-corrected chi connectivity index (χ3v) is 3.34. The number of hydrogen-bond acceptors (Lipinski definition) is 4. The molecule has 2 heterocycles. The lowest BCUT2D eigenvalue weighted by molar-refractivity contribution is -0.121. The summed E-state index contributed by atoms with van der Waals surface area (Å²) in [6, 6.07) is 2.01. The molecule has 1 unspecified atom stereocenters. The van der Waals surface area contributed by atoms with Gasteiger partial charge < -0.3 is 10.2 Å². The third-order valence-electron chi connectivity index (χ3n) is 2.94. The lowest BCUT2D eigenvalue weighted by Gasteiger charge is -2.33. The number of aromatic nitrogens is 2. The summed E-state index contributed by atoms with van der Waals surface area (Å²) in [7, 11) is 0. The molecule has 1 aliphatic heterocycles. The molecule has 0 spiro atoms. The molecule has 18 heavy (non-hydrogen) atoms. The van der Waals surface area contributed by atoms with Gasteiger partial charge in [-0.05, 0) is 18.9 Å². The number of carbonyl (C=O) groups excluding carboxylic acids is 1. The zero-order valence-electron chi connectivity index (χ0n) is 10.2. The van der Waals surface area contributed by atoms with Crippen molar-refractivity contribution in [3.05, 3.63) is 18.5 Å². The number of anilines is 1. The van der Waals surface area contributed by atoms with Crippen LogP contribution in [0.3, 0.4) is 0 Å². The van der Waals surface area contributed by atoms with Gasteiger partial charge in [-0.15, -0.1) is 0 Å². The SMILES string of the molecule is O=C(CCBr)NC1CCCN(c2ncccn2)C1. The standard InChI is InChI=1S/C12H17BrN4O/c13-5-4-11(18)16-10-3-1-8-17(9-10)12-14-6-2-7-15-12/h2,6-7,10H,1,3-5,8-9H2,(H,16,18). The number of halogens is 1. The van der Waals surface area contributed by atoms with Crippen molar-refractivity contribution in [2.45, 2.75) is 25.3 Å². The number of alkyl halides is 1. The fourth-order valence-corrected chi connectivity index (χ4v) is 2.48. The molecule has 98 valence electrons. The Morgan fingerprint density at radius 3 is 3.00 bits per heavy atom. The number of amides is 1. The molecule has 0 radical (unpaired) electrons. The van der Waals surface area contributed by atoms with Crippen LogP contribution in [-0.4, -0.2) is 40.3 Å². The first-order chi connectivity index (χ1) is 8.79. The Morgan fingerprint density at radius 2 is 2.28 bits per heavy atom. The van der Waals surface area contributed by atoms with E-state index < -0.39 is 0 Å². The lowest BCUT2D eigenvalue weighted by Crippen LogP contribution is -2.48. The highest BCUT2D eigenvalue weighted by Gasteiger charge is 2.22. The molecule has 1 aromatic heterocycles. The van der Waals surface area contributed by atoms with E-state index in [2.05, 4.69) is 36.1 Å². The van der Waals surface area contributed by atoms with Gasteiger partial charge in [-0.1, -0.05) is 15.9 Å². The van der Waals surface area contributed by atoms with Crippen molar-refractivity contribution in [1.82, 2.24) is 15.3 Å². The maximum absolute atomic E-state index is 11.6. The summed E-state index contributed by atoms with van der Waals surface area (Å²) in [4.78, 5) is 22.2. The Balaban J connectivity index is 1.91. The lowest BCUT2D eigenvalue weighted by atomic mass is 10.1. The van der Waals surface area contributed by atoms with Gasteiger partial charge in [-0.3, -0.25) is 4.79 Å². The monoisotopic (exact) mass is 312 g/mol. The van der Waals surface area contributed by atoms with Crippen molar-refractivity contribution in [3.8, 4) is 0 Å². The molecular weight excluding hydrogens is 296 g/mol. The van der Waals surface area contributed by atoms with E-state index in [-0.39, 0.29) is 11.9 Å². The zero-order valence-corrected chi connectivity index (χ0v) is 11.8. The summed E-state index contributed by atoms with van der Waals surface area (Å²) in [6.45, 7) is 1.74. The molecule has 0 aliphatic carbocycles. The van der Waals surface area contributed by atoms with Crippen molar-refractivity contribution in [1.29, 1.82) is 0 Å². The molecule has 0 aromatic carbocycles. The summed E-state index contributed by atoms with van der Waals surface area (Å²) in [6.07, 6.45) is 6.10. The second-order valence-electron chi connectivity index (χ2n) is 4.34. The van der Waals surface area contributed by atoms with Crippen molar-refractivity contribution < 1.29 is 4.79 Å². The number of hydrogen-bond donors (Lipinski definition) is 1. The zero-order chi connectivity index (χ0) is 12.8. The number of rotatable bonds is 4. The molecule has 6 heteroatoms. The smallest absolute Gasteiger partial charge is 0.225 e. The highest BCUT2D eigenvalue weighted by molar-refractivity contribution is 9.09. The Hall–Kier alpha value is -1.17. The molecule has 0 bridgehead atoms. The van der Waals surface area contributed by atoms with Crippen molar-refractivity contribution in [3.63, 3.8) is 0 Å². The molecule has 1 fully saturated rings. The summed E-state index contributed by atoms with van der Waals surface area (Å²) in [5.41, 5.74) is 0. The molecule has 1 aliphatic rings. The van der Waals surface area contributed by atoms with Gasteiger partial charge in [0.05, 0.1) is 0 Å². The average molecular weight is 313 g/mol. The van der Waals surface area contributed by atoms with Crippen LogP contribution in [0, 0.1) is 0 Å². The minimum Gasteiger partial charge on any atom is -0.352 e. The Bertz CT molecular complexity index is 387. The van der Waals surface area contributed by atoms with Gasteiger partial charge in [0, 0.05) is 43.3 Å². The summed E-state index contributed by atoms with van der Waals surface area (Å²) < 4.78 is 0. The normalized spacial score (nSPS) is 19.6. The van der Waals surface area contributed by atoms with Gasteiger partial charge in [0.2, 0.25) is 11.9 Å². The van der Waals surface area contributed by atoms with Crippen LogP contribution < -0.4 is 10.2 Å². The molecule has 1 N–H and O–H groups in total. The fourth-order valence-electron chi connectivity index (χ4n) is 2.12. The molecule has 1 amide bonds. The maximum Gasteiger partial charge on any atom is 0.225 e. The van der Waals surface area contributed by atoms with E-state index >= 15 is 0 Å². The minimum atomic E-state index is 0.104. The first-order valence-corrected chi connectivity index (χ1v) is 7.29. The number of piperidine rings is 1. The van der Waals surface area contributed by atoms with Crippen LogP contribution in [0.1, 0.15) is 19.3 Å². The van der Waals surface area contributed by atoms with Crippen molar-refractivity contribution >= 4 is 27.8 Å². The van der Waals surface area contributed by atoms with Gasteiger partial charge in [0.1, 0.15) is 0 Å². The van der Waals surface area contributed by atoms with Crippen LogP contribution in [0.15, 0.2) is 18.5 Å². The Kier molecular flexibility index (Phi) is 4.92.